The molecule has 0 fully saturated rings. The van der Waals surface area contributed by atoms with Crippen LogP contribution in [0.2, 0.25) is 0 Å². The van der Waals surface area contributed by atoms with Crippen LogP contribution in [0.25, 0.3) is 0 Å². The Balaban J connectivity index is 2.10. The Morgan fingerprint density at radius 3 is 2.29 bits per heavy atom. The molecule has 2 aromatic rings. The molecule has 2 aromatic carbocycles. The molecule has 0 N–H and O–H groups in total. The summed E-state index contributed by atoms with van der Waals surface area (Å²) in [5.74, 6) is 1.41. The van der Waals surface area contributed by atoms with Gasteiger partial charge < -0.3 is 9.16 Å². The molecule has 85 valence electrons. The summed E-state index contributed by atoms with van der Waals surface area (Å²) in [5, 5.41) is 0. The van der Waals surface area contributed by atoms with E-state index in [0.717, 1.165) is 5.75 Å². The summed E-state index contributed by atoms with van der Waals surface area (Å²) in [6, 6.07) is 15.7. The van der Waals surface area contributed by atoms with Crippen molar-refractivity contribution in [3.05, 3.63) is 59.7 Å². The van der Waals surface area contributed by atoms with Crippen LogP contribution in [0.1, 0.15) is 11.1 Å². The van der Waals surface area contributed by atoms with Crippen molar-refractivity contribution in [1.82, 2.24) is 0 Å². The highest BCUT2D eigenvalue weighted by molar-refractivity contribution is 6.00. The maximum atomic E-state index is 5.74. The fourth-order valence-corrected chi connectivity index (χ4v) is 1.75. The van der Waals surface area contributed by atoms with Crippen LogP contribution in [-0.4, -0.2) is 10.5 Å². The molecule has 0 atom stereocenters. The van der Waals surface area contributed by atoms with Gasteiger partial charge in [0.1, 0.15) is 12.4 Å². The Bertz CT molecular complexity index is 497. The third-order valence-corrected chi connectivity index (χ3v) is 2.82. The smallest absolute Gasteiger partial charge is 0.341 e. The van der Waals surface area contributed by atoms with Crippen LogP contribution in [0.5, 0.6) is 11.5 Å². The first-order chi connectivity index (χ1) is 8.31. The van der Waals surface area contributed by atoms with Gasteiger partial charge in [0.05, 0.1) is 0 Å². The Labute approximate surface area is 105 Å². The van der Waals surface area contributed by atoms with Crippen molar-refractivity contribution < 1.29 is 9.16 Å². The Morgan fingerprint density at radius 2 is 1.59 bits per heavy atom. The molecule has 3 radical (unpaired) electrons. The van der Waals surface area contributed by atoms with E-state index >= 15 is 0 Å². The number of rotatable bonds is 4. The van der Waals surface area contributed by atoms with Crippen LogP contribution in [-0.2, 0) is 6.61 Å². The quantitative estimate of drug-likeness (QED) is 0.766. The van der Waals surface area contributed by atoms with Crippen LogP contribution in [0.15, 0.2) is 48.5 Å². The molecule has 0 spiro atoms. The Hall–Kier alpha value is -1.74. The van der Waals surface area contributed by atoms with Gasteiger partial charge in [0.15, 0.2) is 5.75 Å². The summed E-state index contributed by atoms with van der Waals surface area (Å²) in [6.07, 6.45) is 0. The van der Waals surface area contributed by atoms with Crippen molar-refractivity contribution in [2.24, 2.45) is 0 Å². The van der Waals surface area contributed by atoms with E-state index in [2.05, 4.69) is 29.5 Å². The molecular weight excluding hydrogens is 228 g/mol. The van der Waals surface area contributed by atoms with Gasteiger partial charge in [-0.25, -0.2) is 0 Å². The maximum Gasteiger partial charge on any atom is 0.341 e. The van der Waals surface area contributed by atoms with Gasteiger partial charge in [0.25, 0.3) is 0 Å². The molecular formula is C14H13O2Si. The van der Waals surface area contributed by atoms with Crippen molar-refractivity contribution in [1.29, 1.82) is 0 Å². The molecule has 17 heavy (non-hydrogen) atoms. The molecule has 0 unspecified atom stereocenters. The predicted octanol–water partition coefficient (Wildman–Crippen LogP) is 3.04. The fourth-order valence-electron chi connectivity index (χ4n) is 1.58. The van der Waals surface area contributed by atoms with E-state index in [1.165, 1.54) is 11.1 Å². The highest BCUT2D eigenvalue weighted by atomic mass is 28.2. The van der Waals surface area contributed by atoms with Crippen molar-refractivity contribution in [3.8, 4) is 11.5 Å². The van der Waals surface area contributed by atoms with Gasteiger partial charge in [0, 0.05) is 0 Å². The second-order valence-corrected chi connectivity index (χ2v) is 3.97. The van der Waals surface area contributed by atoms with Gasteiger partial charge in [-0.2, -0.15) is 0 Å². The maximum absolute atomic E-state index is 5.74. The van der Waals surface area contributed by atoms with Crippen LogP contribution < -0.4 is 9.16 Å². The lowest BCUT2D eigenvalue weighted by molar-refractivity contribution is 0.297. The zero-order chi connectivity index (χ0) is 12.1. The minimum absolute atomic E-state index is 0.541. The molecule has 2 nitrogen and oxygen atoms in total. The van der Waals surface area contributed by atoms with Gasteiger partial charge in [-0.05, 0) is 30.2 Å². The Kier molecular flexibility index (Phi) is 3.83. The van der Waals surface area contributed by atoms with Gasteiger partial charge in [0.2, 0.25) is 0 Å². The SMILES string of the molecule is Cc1ccccc1COc1ccccc1O[Si]. The average Bonchev–Trinajstić information content (AvgIpc) is 2.38. The van der Waals surface area contributed by atoms with Crippen molar-refractivity contribution >= 4 is 10.5 Å². The van der Waals surface area contributed by atoms with Crippen molar-refractivity contribution in [2.75, 3.05) is 0 Å². The summed E-state index contributed by atoms with van der Waals surface area (Å²) in [5.41, 5.74) is 2.40. The number of benzene rings is 2. The normalized spacial score (nSPS) is 10.0. The molecule has 2 rings (SSSR count). The van der Waals surface area contributed by atoms with Crippen LogP contribution in [0.3, 0.4) is 0 Å². The standard InChI is InChI=1S/C14H13O2Si/c1-11-6-2-3-7-12(11)10-15-13-8-4-5-9-14(13)16-17/h2-9H,10H2,1H3. The summed E-state index contributed by atoms with van der Waals surface area (Å²) >= 11 is 0. The van der Waals surface area contributed by atoms with Gasteiger partial charge >= 0.3 is 10.5 Å². The van der Waals surface area contributed by atoms with Crippen molar-refractivity contribution in [3.63, 3.8) is 0 Å². The summed E-state index contributed by atoms with van der Waals surface area (Å²) < 4.78 is 10.8. The van der Waals surface area contributed by atoms with Gasteiger partial charge in [-0.15, -0.1) is 0 Å². The lowest BCUT2D eigenvalue weighted by Crippen LogP contribution is -1.99. The topological polar surface area (TPSA) is 18.5 Å². The monoisotopic (exact) mass is 241 g/mol. The number of ether oxygens (including phenoxy) is 1. The van der Waals surface area contributed by atoms with Crippen molar-refractivity contribution in [2.45, 2.75) is 13.5 Å². The van der Waals surface area contributed by atoms with Crippen LogP contribution in [0, 0.1) is 6.92 Å². The van der Waals surface area contributed by atoms with E-state index in [1.54, 1.807) is 0 Å². The lowest BCUT2D eigenvalue weighted by Gasteiger charge is -2.11. The molecule has 0 amide bonds. The molecule has 0 aliphatic rings. The second-order valence-electron chi connectivity index (χ2n) is 3.76. The summed E-state index contributed by atoms with van der Waals surface area (Å²) in [4.78, 5) is 0. The highest BCUT2D eigenvalue weighted by Gasteiger charge is 2.03. The Morgan fingerprint density at radius 1 is 0.941 bits per heavy atom. The number of hydrogen-bond acceptors (Lipinski definition) is 2. The molecule has 0 bridgehead atoms. The number of aryl methyl sites for hydroxylation is 1. The summed E-state index contributed by atoms with van der Waals surface area (Å²) in [7, 11) is 3.02. The third-order valence-electron chi connectivity index (χ3n) is 2.60. The van der Waals surface area contributed by atoms with E-state index in [1.807, 2.05) is 36.4 Å². The number of hydrogen-bond donors (Lipinski definition) is 0. The molecule has 0 aliphatic carbocycles. The zero-order valence-electron chi connectivity index (χ0n) is 9.64. The predicted molar refractivity (Wildman–Crippen MR) is 68.3 cm³/mol. The second kappa shape index (κ2) is 5.55. The van der Waals surface area contributed by atoms with Gasteiger partial charge in [-0.3, -0.25) is 0 Å². The highest BCUT2D eigenvalue weighted by Crippen LogP contribution is 2.26. The minimum Gasteiger partial charge on any atom is -0.538 e. The first-order valence-electron chi connectivity index (χ1n) is 5.41. The minimum atomic E-state index is 0.541. The van der Waals surface area contributed by atoms with E-state index in [0.29, 0.717) is 12.4 Å². The number of para-hydroxylation sites is 2. The molecule has 0 aromatic heterocycles. The molecule has 0 heterocycles. The molecule has 0 saturated heterocycles. The first kappa shape index (κ1) is 11.7. The first-order valence-corrected chi connectivity index (χ1v) is 5.82. The van der Waals surface area contributed by atoms with Gasteiger partial charge in [-0.1, -0.05) is 36.4 Å². The molecule has 3 heteroatoms. The average molecular weight is 241 g/mol. The molecule has 0 aliphatic heterocycles. The van der Waals surface area contributed by atoms with Crippen LogP contribution >= 0.6 is 0 Å². The van der Waals surface area contributed by atoms with E-state index in [-0.39, 0.29) is 0 Å². The largest absolute Gasteiger partial charge is 0.538 e. The lowest BCUT2D eigenvalue weighted by atomic mass is 10.1. The fraction of sp³-hybridized carbons (Fsp3) is 0.143. The zero-order valence-corrected chi connectivity index (χ0v) is 10.6. The van der Waals surface area contributed by atoms with E-state index in [9.17, 15) is 0 Å². The van der Waals surface area contributed by atoms with E-state index < -0.39 is 0 Å². The van der Waals surface area contributed by atoms with E-state index in [4.69, 9.17) is 9.16 Å². The summed E-state index contributed by atoms with van der Waals surface area (Å²) in [6.45, 7) is 2.62. The third kappa shape index (κ3) is 2.88. The van der Waals surface area contributed by atoms with Crippen LogP contribution in [0.4, 0.5) is 0 Å². The molecule has 0 saturated carbocycles.